The number of hydrogen-bond acceptors (Lipinski definition) is 4. The number of amides is 2. The minimum atomic E-state index is -1.17. The Bertz CT molecular complexity index is 309. The zero-order chi connectivity index (χ0) is 13.8. The van der Waals surface area contributed by atoms with Crippen molar-refractivity contribution in [3.63, 3.8) is 0 Å². The number of hydrogen-bond donors (Lipinski definition) is 4. The molecule has 4 N–H and O–H groups in total. The minimum absolute atomic E-state index is 0.0212. The van der Waals surface area contributed by atoms with Crippen LogP contribution in [-0.4, -0.2) is 63.6 Å². The Labute approximate surface area is 105 Å². The van der Waals surface area contributed by atoms with Gasteiger partial charge in [0.05, 0.1) is 5.60 Å². The Balaban J connectivity index is 2.47. The van der Waals surface area contributed by atoms with Gasteiger partial charge in [0.25, 0.3) is 0 Å². The molecule has 1 saturated heterocycles. The number of piperidine rings is 1. The second-order valence-electron chi connectivity index (χ2n) is 4.84. The molecule has 104 valence electrons. The van der Waals surface area contributed by atoms with E-state index >= 15 is 0 Å². The van der Waals surface area contributed by atoms with Gasteiger partial charge in [0.2, 0.25) is 0 Å². The molecule has 18 heavy (non-hydrogen) atoms. The quantitative estimate of drug-likeness (QED) is 0.538. The lowest BCUT2D eigenvalue weighted by Gasteiger charge is -2.36. The van der Waals surface area contributed by atoms with Crippen molar-refractivity contribution in [1.29, 1.82) is 0 Å². The number of rotatable bonds is 4. The fourth-order valence-corrected chi connectivity index (χ4v) is 1.82. The molecule has 1 aliphatic rings. The number of carboxylic acids is 1. The summed E-state index contributed by atoms with van der Waals surface area (Å²) in [5, 5.41) is 29.7. The first-order chi connectivity index (χ1) is 8.35. The van der Waals surface area contributed by atoms with E-state index in [2.05, 4.69) is 5.32 Å². The van der Waals surface area contributed by atoms with Crippen LogP contribution in [0.3, 0.4) is 0 Å². The molecular weight excluding hydrogens is 240 g/mol. The number of carbonyl (C=O) groups is 2. The summed E-state index contributed by atoms with van der Waals surface area (Å²) in [7, 11) is 0. The highest BCUT2D eigenvalue weighted by atomic mass is 16.4. The Morgan fingerprint density at radius 1 is 1.39 bits per heavy atom. The van der Waals surface area contributed by atoms with Crippen LogP contribution in [0, 0.1) is 0 Å². The molecule has 0 aromatic heterocycles. The summed E-state index contributed by atoms with van der Waals surface area (Å²) in [5.74, 6) is -1.17. The van der Waals surface area contributed by atoms with Crippen LogP contribution >= 0.6 is 0 Å². The second kappa shape index (κ2) is 6.01. The maximum atomic E-state index is 11.8. The van der Waals surface area contributed by atoms with Crippen molar-refractivity contribution in [1.82, 2.24) is 10.2 Å². The molecule has 0 radical (unpaired) electrons. The number of urea groups is 1. The highest BCUT2D eigenvalue weighted by Crippen LogP contribution is 2.20. The van der Waals surface area contributed by atoms with Gasteiger partial charge in [-0.25, -0.2) is 9.59 Å². The van der Waals surface area contributed by atoms with E-state index < -0.39 is 23.6 Å². The van der Waals surface area contributed by atoms with Gasteiger partial charge < -0.3 is 25.5 Å². The fraction of sp³-hybridized carbons (Fsp3) is 0.818. The van der Waals surface area contributed by atoms with E-state index in [0.29, 0.717) is 25.9 Å². The van der Waals surface area contributed by atoms with Gasteiger partial charge in [-0.1, -0.05) is 0 Å². The number of aliphatic hydroxyl groups excluding tert-OH is 1. The number of likely N-dealkylation sites (tertiary alicyclic amines) is 1. The maximum Gasteiger partial charge on any atom is 0.326 e. The Morgan fingerprint density at radius 2 is 1.94 bits per heavy atom. The molecule has 1 heterocycles. The van der Waals surface area contributed by atoms with Crippen LogP contribution < -0.4 is 5.32 Å². The Morgan fingerprint density at radius 3 is 2.39 bits per heavy atom. The van der Waals surface area contributed by atoms with Gasteiger partial charge in [0, 0.05) is 26.1 Å². The smallest absolute Gasteiger partial charge is 0.326 e. The van der Waals surface area contributed by atoms with Gasteiger partial charge in [-0.15, -0.1) is 0 Å². The standard InChI is InChI=1S/C11H20N2O5/c1-11(18)3-5-13(6-4-11)10(17)12-8(2-7-14)9(15)16/h8,14,18H,2-7H2,1H3,(H,12,17)(H,15,16)/t8-/m0/s1. The molecular formula is C11H20N2O5. The highest BCUT2D eigenvalue weighted by Gasteiger charge is 2.31. The molecule has 0 unspecified atom stereocenters. The van der Waals surface area contributed by atoms with E-state index in [1.54, 1.807) is 6.92 Å². The molecule has 0 aromatic carbocycles. The van der Waals surface area contributed by atoms with Crippen LogP contribution in [-0.2, 0) is 4.79 Å². The van der Waals surface area contributed by atoms with Crippen molar-refractivity contribution in [2.45, 2.75) is 37.8 Å². The molecule has 0 bridgehead atoms. The van der Waals surface area contributed by atoms with Gasteiger partial charge in [-0.3, -0.25) is 0 Å². The van der Waals surface area contributed by atoms with Gasteiger partial charge >= 0.3 is 12.0 Å². The van der Waals surface area contributed by atoms with Gasteiger partial charge in [-0.2, -0.15) is 0 Å². The summed E-state index contributed by atoms with van der Waals surface area (Å²) in [4.78, 5) is 24.1. The number of carbonyl (C=O) groups excluding carboxylic acids is 1. The second-order valence-corrected chi connectivity index (χ2v) is 4.84. The van der Waals surface area contributed by atoms with Crippen LogP contribution in [0.25, 0.3) is 0 Å². The van der Waals surface area contributed by atoms with E-state index in [9.17, 15) is 14.7 Å². The average Bonchev–Trinajstić information content (AvgIpc) is 2.28. The van der Waals surface area contributed by atoms with Crippen LogP contribution in [0.4, 0.5) is 4.79 Å². The van der Waals surface area contributed by atoms with E-state index in [1.807, 2.05) is 0 Å². The van der Waals surface area contributed by atoms with Crippen molar-refractivity contribution in [2.24, 2.45) is 0 Å². The molecule has 0 aromatic rings. The lowest BCUT2D eigenvalue weighted by atomic mass is 9.94. The molecule has 1 aliphatic heterocycles. The summed E-state index contributed by atoms with van der Waals surface area (Å²) in [6.45, 7) is 2.20. The van der Waals surface area contributed by atoms with Gasteiger partial charge in [0.1, 0.15) is 6.04 Å². The summed E-state index contributed by atoms with van der Waals surface area (Å²) < 4.78 is 0. The summed E-state index contributed by atoms with van der Waals surface area (Å²) in [6, 6.07) is -1.55. The minimum Gasteiger partial charge on any atom is -0.480 e. The zero-order valence-corrected chi connectivity index (χ0v) is 10.4. The molecule has 0 saturated carbocycles. The first kappa shape index (κ1) is 14.7. The Hall–Kier alpha value is -1.34. The van der Waals surface area contributed by atoms with Crippen LogP contribution in [0.1, 0.15) is 26.2 Å². The number of aliphatic carboxylic acids is 1. The number of aliphatic hydroxyl groups is 2. The monoisotopic (exact) mass is 260 g/mol. The first-order valence-corrected chi connectivity index (χ1v) is 5.97. The number of nitrogens with zero attached hydrogens (tertiary/aromatic N) is 1. The number of carboxylic acid groups (broad SMARTS) is 1. The summed E-state index contributed by atoms with van der Waals surface area (Å²) >= 11 is 0. The molecule has 0 spiro atoms. The largest absolute Gasteiger partial charge is 0.480 e. The van der Waals surface area contributed by atoms with E-state index in [-0.39, 0.29) is 13.0 Å². The van der Waals surface area contributed by atoms with Crippen LogP contribution in [0.15, 0.2) is 0 Å². The molecule has 7 heteroatoms. The Kier molecular flexibility index (Phi) is 4.92. The molecule has 1 fully saturated rings. The van der Waals surface area contributed by atoms with Gasteiger partial charge in [-0.05, 0) is 19.8 Å². The van der Waals surface area contributed by atoms with E-state index in [0.717, 1.165) is 0 Å². The molecule has 1 atom stereocenters. The van der Waals surface area contributed by atoms with Gasteiger partial charge in [0.15, 0.2) is 0 Å². The van der Waals surface area contributed by atoms with Crippen LogP contribution in [0.2, 0.25) is 0 Å². The topological polar surface area (TPSA) is 110 Å². The predicted molar refractivity (Wildman–Crippen MR) is 63.1 cm³/mol. The third kappa shape index (κ3) is 4.15. The molecule has 2 amide bonds. The van der Waals surface area contributed by atoms with E-state index in [4.69, 9.17) is 10.2 Å². The fourth-order valence-electron chi connectivity index (χ4n) is 1.82. The third-order valence-corrected chi connectivity index (χ3v) is 3.14. The van der Waals surface area contributed by atoms with Crippen molar-refractivity contribution in [3.8, 4) is 0 Å². The normalized spacial score (nSPS) is 20.3. The average molecular weight is 260 g/mol. The van der Waals surface area contributed by atoms with Crippen molar-refractivity contribution >= 4 is 12.0 Å². The molecule has 0 aliphatic carbocycles. The zero-order valence-electron chi connectivity index (χ0n) is 10.4. The third-order valence-electron chi connectivity index (χ3n) is 3.14. The SMILES string of the molecule is CC1(O)CCN(C(=O)N[C@@H](CCO)C(=O)O)CC1. The molecule has 7 nitrogen and oxygen atoms in total. The van der Waals surface area contributed by atoms with Crippen molar-refractivity contribution in [3.05, 3.63) is 0 Å². The van der Waals surface area contributed by atoms with Crippen LogP contribution in [0.5, 0.6) is 0 Å². The summed E-state index contributed by atoms with van der Waals surface area (Å²) in [5.41, 5.74) is -0.756. The lowest BCUT2D eigenvalue weighted by Crippen LogP contribution is -2.52. The highest BCUT2D eigenvalue weighted by molar-refractivity contribution is 5.82. The molecule has 1 rings (SSSR count). The lowest BCUT2D eigenvalue weighted by molar-refractivity contribution is -0.139. The van der Waals surface area contributed by atoms with Crippen molar-refractivity contribution in [2.75, 3.05) is 19.7 Å². The number of nitrogens with one attached hydrogen (secondary N) is 1. The maximum absolute atomic E-state index is 11.8. The van der Waals surface area contributed by atoms with Crippen molar-refractivity contribution < 1.29 is 24.9 Å². The predicted octanol–water partition coefficient (Wildman–Crippen LogP) is -0.622. The van der Waals surface area contributed by atoms with E-state index in [1.165, 1.54) is 4.90 Å². The summed E-state index contributed by atoms with van der Waals surface area (Å²) in [6.07, 6.45) is 0.920. The first-order valence-electron chi connectivity index (χ1n) is 5.97.